The summed E-state index contributed by atoms with van der Waals surface area (Å²) in [5.41, 5.74) is 8.13. The van der Waals surface area contributed by atoms with Gasteiger partial charge in [-0.3, -0.25) is 9.69 Å². The lowest BCUT2D eigenvalue weighted by molar-refractivity contribution is -0.123. The smallest absolute Gasteiger partial charge is 0.241 e. The number of nitrogens with two attached hydrogens (primary N) is 1. The zero-order chi connectivity index (χ0) is 17.5. The number of ether oxygens (including phenoxy) is 1. The SMILES string of the molecule is NC(C(=O)NCC1CN(Cc2ccccc2)CCO1)c1ccccc1. The van der Waals surface area contributed by atoms with Crippen LogP contribution in [0.15, 0.2) is 60.7 Å². The van der Waals surface area contributed by atoms with Gasteiger partial charge in [0.25, 0.3) is 0 Å². The Morgan fingerprint density at radius 1 is 1.16 bits per heavy atom. The van der Waals surface area contributed by atoms with Crippen molar-refractivity contribution >= 4 is 5.91 Å². The molecule has 5 heteroatoms. The third-order valence-electron chi connectivity index (χ3n) is 4.42. The molecule has 2 aromatic rings. The van der Waals surface area contributed by atoms with E-state index >= 15 is 0 Å². The first kappa shape index (κ1) is 17.6. The van der Waals surface area contributed by atoms with Gasteiger partial charge in [-0.25, -0.2) is 0 Å². The number of hydrogen-bond donors (Lipinski definition) is 2. The van der Waals surface area contributed by atoms with Crippen LogP contribution in [0, 0.1) is 0 Å². The molecule has 2 aromatic carbocycles. The van der Waals surface area contributed by atoms with E-state index < -0.39 is 6.04 Å². The van der Waals surface area contributed by atoms with Crippen LogP contribution < -0.4 is 11.1 Å². The maximum Gasteiger partial charge on any atom is 0.241 e. The van der Waals surface area contributed by atoms with Gasteiger partial charge in [-0.05, 0) is 11.1 Å². The summed E-state index contributed by atoms with van der Waals surface area (Å²) >= 11 is 0. The summed E-state index contributed by atoms with van der Waals surface area (Å²) in [4.78, 5) is 14.6. The topological polar surface area (TPSA) is 67.6 Å². The average Bonchev–Trinajstić information content (AvgIpc) is 2.67. The molecular weight excluding hydrogens is 314 g/mol. The number of carbonyl (C=O) groups excluding carboxylic acids is 1. The fourth-order valence-electron chi connectivity index (χ4n) is 3.03. The van der Waals surface area contributed by atoms with E-state index in [2.05, 4.69) is 34.5 Å². The van der Waals surface area contributed by atoms with Crippen molar-refractivity contribution < 1.29 is 9.53 Å². The largest absolute Gasteiger partial charge is 0.374 e. The van der Waals surface area contributed by atoms with Crippen molar-refractivity contribution in [1.82, 2.24) is 10.2 Å². The Bertz CT molecular complexity index is 663. The number of morpholine rings is 1. The first-order valence-electron chi connectivity index (χ1n) is 8.68. The predicted molar refractivity (Wildman–Crippen MR) is 97.8 cm³/mol. The second-order valence-corrected chi connectivity index (χ2v) is 6.35. The maximum absolute atomic E-state index is 12.3. The fourth-order valence-corrected chi connectivity index (χ4v) is 3.03. The molecule has 1 aliphatic heterocycles. The van der Waals surface area contributed by atoms with Crippen LogP contribution in [0.25, 0.3) is 0 Å². The molecule has 5 nitrogen and oxygen atoms in total. The highest BCUT2D eigenvalue weighted by Crippen LogP contribution is 2.12. The molecule has 0 saturated carbocycles. The molecule has 3 N–H and O–H groups in total. The van der Waals surface area contributed by atoms with E-state index in [1.54, 1.807) is 0 Å². The molecule has 1 fully saturated rings. The normalized spacial score (nSPS) is 19.3. The van der Waals surface area contributed by atoms with Gasteiger partial charge in [0.1, 0.15) is 6.04 Å². The first-order chi connectivity index (χ1) is 12.2. The first-order valence-corrected chi connectivity index (χ1v) is 8.68. The van der Waals surface area contributed by atoms with E-state index in [0.717, 1.165) is 25.2 Å². The standard InChI is InChI=1S/C20H25N3O2/c21-19(17-9-5-2-6-10-17)20(24)22-13-18-15-23(11-12-25-18)14-16-7-3-1-4-8-16/h1-10,18-19H,11-15,21H2,(H,22,24). The summed E-state index contributed by atoms with van der Waals surface area (Å²) in [7, 11) is 0. The lowest BCUT2D eigenvalue weighted by atomic mass is 10.1. The summed E-state index contributed by atoms with van der Waals surface area (Å²) in [6.07, 6.45) is -0.00983. The molecule has 3 rings (SSSR count). The van der Waals surface area contributed by atoms with Gasteiger partial charge >= 0.3 is 0 Å². The Kier molecular flexibility index (Phi) is 6.17. The molecule has 0 bridgehead atoms. The second-order valence-electron chi connectivity index (χ2n) is 6.35. The number of nitrogens with one attached hydrogen (secondary N) is 1. The van der Waals surface area contributed by atoms with Gasteiger partial charge in [-0.2, -0.15) is 0 Å². The van der Waals surface area contributed by atoms with Crippen LogP contribution >= 0.6 is 0 Å². The minimum absolute atomic E-state index is 0.00983. The zero-order valence-corrected chi connectivity index (χ0v) is 14.3. The summed E-state index contributed by atoms with van der Waals surface area (Å²) in [6.45, 7) is 3.76. The van der Waals surface area contributed by atoms with Gasteiger partial charge in [0, 0.05) is 26.2 Å². The van der Waals surface area contributed by atoms with Crippen molar-refractivity contribution in [3.8, 4) is 0 Å². The van der Waals surface area contributed by atoms with Gasteiger partial charge in [0.15, 0.2) is 0 Å². The molecule has 0 radical (unpaired) electrons. The van der Waals surface area contributed by atoms with Crippen LogP contribution in [0.4, 0.5) is 0 Å². The van der Waals surface area contributed by atoms with E-state index in [0.29, 0.717) is 13.2 Å². The Labute approximate surface area is 148 Å². The second kappa shape index (κ2) is 8.76. The number of hydrogen-bond acceptors (Lipinski definition) is 4. The lowest BCUT2D eigenvalue weighted by Gasteiger charge is -2.33. The molecule has 0 aliphatic carbocycles. The van der Waals surface area contributed by atoms with E-state index in [-0.39, 0.29) is 12.0 Å². The molecule has 25 heavy (non-hydrogen) atoms. The molecule has 132 valence electrons. The van der Waals surface area contributed by atoms with E-state index in [9.17, 15) is 4.79 Å². The van der Waals surface area contributed by atoms with Crippen LogP contribution in [0.1, 0.15) is 17.2 Å². The number of carbonyl (C=O) groups is 1. The Morgan fingerprint density at radius 2 is 1.84 bits per heavy atom. The number of rotatable bonds is 6. The zero-order valence-electron chi connectivity index (χ0n) is 14.3. The third kappa shape index (κ3) is 5.13. The molecular formula is C20H25N3O2. The van der Waals surface area contributed by atoms with Gasteiger partial charge in [-0.15, -0.1) is 0 Å². The number of amides is 1. The number of nitrogens with zero attached hydrogens (tertiary/aromatic N) is 1. The average molecular weight is 339 g/mol. The predicted octanol–water partition coefficient (Wildman–Crippen LogP) is 1.70. The molecule has 2 atom stereocenters. The minimum atomic E-state index is -0.648. The summed E-state index contributed by atoms with van der Waals surface area (Å²) in [5.74, 6) is -0.171. The number of benzene rings is 2. The molecule has 0 aromatic heterocycles. The lowest BCUT2D eigenvalue weighted by Crippen LogP contribution is -2.48. The van der Waals surface area contributed by atoms with Crippen LogP contribution in [0.2, 0.25) is 0 Å². The van der Waals surface area contributed by atoms with Crippen molar-refractivity contribution in [2.75, 3.05) is 26.2 Å². The quantitative estimate of drug-likeness (QED) is 0.841. The van der Waals surface area contributed by atoms with Gasteiger partial charge in [0.2, 0.25) is 5.91 Å². The van der Waals surface area contributed by atoms with Gasteiger partial charge in [-0.1, -0.05) is 60.7 Å². The summed E-state index contributed by atoms with van der Waals surface area (Å²) < 4.78 is 5.78. The molecule has 1 amide bonds. The van der Waals surface area contributed by atoms with E-state index in [1.165, 1.54) is 5.56 Å². The fraction of sp³-hybridized carbons (Fsp3) is 0.350. The van der Waals surface area contributed by atoms with E-state index in [4.69, 9.17) is 10.5 Å². The van der Waals surface area contributed by atoms with Crippen molar-refractivity contribution in [2.45, 2.75) is 18.7 Å². The van der Waals surface area contributed by atoms with Crippen molar-refractivity contribution in [1.29, 1.82) is 0 Å². The Morgan fingerprint density at radius 3 is 2.56 bits per heavy atom. The van der Waals surface area contributed by atoms with Crippen LogP contribution in [-0.4, -0.2) is 43.2 Å². The van der Waals surface area contributed by atoms with Crippen LogP contribution in [0.5, 0.6) is 0 Å². The van der Waals surface area contributed by atoms with E-state index in [1.807, 2.05) is 36.4 Å². The van der Waals surface area contributed by atoms with Crippen molar-refractivity contribution in [3.63, 3.8) is 0 Å². The molecule has 1 saturated heterocycles. The van der Waals surface area contributed by atoms with Crippen molar-refractivity contribution in [3.05, 3.63) is 71.8 Å². The summed E-state index contributed by atoms with van der Waals surface area (Å²) in [6, 6.07) is 19.1. The summed E-state index contributed by atoms with van der Waals surface area (Å²) in [5, 5.41) is 2.92. The molecule has 1 heterocycles. The Balaban J connectivity index is 1.47. The minimum Gasteiger partial charge on any atom is -0.374 e. The van der Waals surface area contributed by atoms with Crippen LogP contribution in [-0.2, 0) is 16.1 Å². The highest BCUT2D eigenvalue weighted by molar-refractivity contribution is 5.82. The van der Waals surface area contributed by atoms with Crippen molar-refractivity contribution in [2.24, 2.45) is 5.73 Å². The molecule has 2 unspecified atom stereocenters. The van der Waals surface area contributed by atoms with Crippen LogP contribution in [0.3, 0.4) is 0 Å². The highest BCUT2D eigenvalue weighted by Gasteiger charge is 2.22. The monoisotopic (exact) mass is 339 g/mol. The molecule has 0 spiro atoms. The van der Waals surface area contributed by atoms with Gasteiger partial charge < -0.3 is 15.8 Å². The Hall–Kier alpha value is -2.21. The highest BCUT2D eigenvalue weighted by atomic mass is 16.5. The third-order valence-corrected chi connectivity index (χ3v) is 4.42. The maximum atomic E-state index is 12.3. The molecule has 1 aliphatic rings. The van der Waals surface area contributed by atoms with Gasteiger partial charge in [0.05, 0.1) is 12.7 Å².